The summed E-state index contributed by atoms with van der Waals surface area (Å²) in [6.07, 6.45) is 0.141. The number of ether oxygens (including phenoxy) is 2. The molecule has 1 aliphatic heterocycles. The number of amides is 1. The summed E-state index contributed by atoms with van der Waals surface area (Å²) in [7, 11) is 1.66. The van der Waals surface area contributed by atoms with Crippen LogP contribution in [0.4, 0.5) is 0 Å². The van der Waals surface area contributed by atoms with E-state index in [0.717, 1.165) is 0 Å². The van der Waals surface area contributed by atoms with Crippen molar-refractivity contribution in [2.45, 2.75) is 13.0 Å². The lowest BCUT2D eigenvalue weighted by molar-refractivity contribution is -0.134. The Morgan fingerprint density at radius 1 is 1.53 bits per heavy atom. The highest BCUT2D eigenvalue weighted by atomic mass is 16.5. The molecule has 15 heavy (non-hydrogen) atoms. The third kappa shape index (κ3) is 4.59. The molecule has 1 atom stereocenters. The molecule has 0 bridgehead atoms. The Labute approximate surface area is 90.7 Å². The number of hydrogen-bond acceptors (Lipinski definition) is 4. The average molecular weight is 216 g/mol. The topological polar surface area (TPSA) is 50.8 Å². The minimum absolute atomic E-state index is 0.140. The first kappa shape index (κ1) is 12.4. The van der Waals surface area contributed by atoms with E-state index in [-0.39, 0.29) is 12.0 Å². The Bertz CT molecular complexity index is 193. The molecule has 0 aromatic rings. The average Bonchev–Trinajstić information content (AvgIpc) is 2.29. The van der Waals surface area contributed by atoms with Gasteiger partial charge in [-0.05, 0) is 6.92 Å². The summed E-state index contributed by atoms with van der Waals surface area (Å²) in [5.41, 5.74) is 0. The van der Waals surface area contributed by atoms with E-state index in [0.29, 0.717) is 39.4 Å². The van der Waals surface area contributed by atoms with Crippen molar-refractivity contribution in [2.24, 2.45) is 0 Å². The van der Waals surface area contributed by atoms with Gasteiger partial charge in [0.05, 0.1) is 25.9 Å². The van der Waals surface area contributed by atoms with Gasteiger partial charge < -0.3 is 19.7 Å². The predicted octanol–water partition coefficient (Wildman–Crippen LogP) is -0.530. The molecule has 1 saturated heterocycles. The number of methoxy groups -OCH3 is 1. The van der Waals surface area contributed by atoms with Gasteiger partial charge in [-0.25, -0.2) is 0 Å². The lowest BCUT2D eigenvalue weighted by Crippen LogP contribution is -2.45. The summed E-state index contributed by atoms with van der Waals surface area (Å²) < 4.78 is 10.2. The molecule has 5 heteroatoms. The number of carbonyl (C=O) groups excluding carboxylic acids is 1. The zero-order valence-electron chi connectivity index (χ0n) is 9.49. The van der Waals surface area contributed by atoms with E-state index in [1.807, 2.05) is 11.8 Å². The third-order valence-corrected chi connectivity index (χ3v) is 2.47. The molecule has 1 fully saturated rings. The lowest BCUT2D eigenvalue weighted by atomic mass is 10.3. The van der Waals surface area contributed by atoms with Crippen LogP contribution in [0.3, 0.4) is 0 Å². The van der Waals surface area contributed by atoms with Crippen molar-refractivity contribution in [3.63, 3.8) is 0 Å². The third-order valence-electron chi connectivity index (χ3n) is 2.47. The standard InChI is InChI=1S/C10H20N2O3/c1-9(14-2)7-11-8-10(13)12-3-5-15-6-4-12/h9,11H,3-8H2,1-2H3. The zero-order valence-corrected chi connectivity index (χ0v) is 9.49. The number of carbonyl (C=O) groups is 1. The number of morpholine rings is 1. The lowest BCUT2D eigenvalue weighted by Gasteiger charge is -2.27. The summed E-state index contributed by atoms with van der Waals surface area (Å²) in [6.45, 7) is 5.77. The normalized spacial score (nSPS) is 18.9. The maximum absolute atomic E-state index is 11.6. The molecule has 1 rings (SSSR count). The van der Waals surface area contributed by atoms with E-state index in [4.69, 9.17) is 9.47 Å². The SMILES string of the molecule is COC(C)CNCC(=O)N1CCOCC1. The van der Waals surface area contributed by atoms with Gasteiger partial charge in [0.15, 0.2) is 0 Å². The van der Waals surface area contributed by atoms with Gasteiger partial charge in [0.1, 0.15) is 0 Å². The minimum Gasteiger partial charge on any atom is -0.380 e. The molecular formula is C10H20N2O3. The fraction of sp³-hybridized carbons (Fsp3) is 0.900. The summed E-state index contributed by atoms with van der Waals surface area (Å²) in [4.78, 5) is 13.5. The molecule has 0 aromatic heterocycles. The van der Waals surface area contributed by atoms with Crippen LogP contribution >= 0.6 is 0 Å². The van der Waals surface area contributed by atoms with Crippen molar-refractivity contribution >= 4 is 5.91 Å². The molecule has 0 aromatic carbocycles. The predicted molar refractivity (Wildman–Crippen MR) is 56.7 cm³/mol. The Balaban J connectivity index is 2.12. The highest BCUT2D eigenvalue weighted by Gasteiger charge is 2.16. The van der Waals surface area contributed by atoms with Crippen LogP contribution in [-0.2, 0) is 14.3 Å². The summed E-state index contributed by atoms with van der Waals surface area (Å²) >= 11 is 0. The number of nitrogens with one attached hydrogen (secondary N) is 1. The fourth-order valence-corrected chi connectivity index (χ4v) is 1.39. The van der Waals surface area contributed by atoms with Gasteiger partial charge in [0, 0.05) is 26.7 Å². The maximum atomic E-state index is 11.6. The van der Waals surface area contributed by atoms with E-state index in [9.17, 15) is 4.79 Å². The molecule has 0 radical (unpaired) electrons. The van der Waals surface area contributed by atoms with Crippen LogP contribution in [-0.4, -0.2) is 63.4 Å². The van der Waals surface area contributed by atoms with Crippen molar-refractivity contribution in [3.05, 3.63) is 0 Å². The molecule has 0 aliphatic carbocycles. The highest BCUT2D eigenvalue weighted by Crippen LogP contribution is 1.96. The maximum Gasteiger partial charge on any atom is 0.236 e. The quantitative estimate of drug-likeness (QED) is 0.671. The van der Waals surface area contributed by atoms with Gasteiger partial charge >= 0.3 is 0 Å². The zero-order chi connectivity index (χ0) is 11.1. The van der Waals surface area contributed by atoms with Crippen LogP contribution in [0, 0.1) is 0 Å². The summed E-state index contributed by atoms with van der Waals surface area (Å²) in [5.74, 6) is 0.140. The van der Waals surface area contributed by atoms with Gasteiger partial charge in [-0.2, -0.15) is 0 Å². The molecule has 1 heterocycles. The van der Waals surface area contributed by atoms with Crippen LogP contribution < -0.4 is 5.32 Å². The molecule has 1 N–H and O–H groups in total. The molecule has 1 unspecified atom stereocenters. The largest absolute Gasteiger partial charge is 0.380 e. The first-order chi connectivity index (χ1) is 7.24. The summed E-state index contributed by atoms with van der Waals surface area (Å²) in [5, 5.41) is 3.08. The Kier molecular flexibility index (Phi) is 5.60. The van der Waals surface area contributed by atoms with E-state index in [1.54, 1.807) is 7.11 Å². The monoisotopic (exact) mass is 216 g/mol. The van der Waals surface area contributed by atoms with Crippen molar-refractivity contribution < 1.29 is 14.3 Å². The Morgan fingerprint density at radius 2 is 2.20 bits per heavy atom. The molecule has 88 valence electrons. The second kappa shape index (κ2) is 6.76. The van der Waals surface area contributed by atoms with Crippen LogP contribution in [0.25, 0.3) is 0 Å². The number of rotatable bonds is 5. The number of nitrogens with zero attached hydrogens (tertiary/aromatic N) is 1. The van der Waals surface area contributed by atoms with Gasteiger partial charge in [-0.1, -0.05) is 0 Å². The van der Waals surface area contributed by atoms with Crippen molar-refractivity contribution in [3.8, 4) is 0 Å². The smallest absolute Gasteiger partial charge is 0.236 e. The number of hydrogen-bond donors (Lipinski definition) is 1. The van der Waals surface area contributed by atoms with E-state index in [2.05, 4.69) is 5.32 Å². The fourth-order valence-electron chi connectivity index (χ4n) is 1.39. The first-order valence-electron chi connectivity index (χ1n) is 5.33. The van der Waals surface area contributed by atoms with Crippen LogP contribution in [0.5, 0.6) is 0 Å². The van der Waals surface area contributed by atoms with Crippen molar-refractivity contribution in [1.82, 2.24) is 10.2 Å². The molecule has 5 nitrogen and oxygen atoms in total. The summed E-state index contributed by atoms with van der Waals surface area (Å²) in [6, 6.07) is 0. The van der Waals surface area contributed by atoms with Crippen LogP contribution in [0.1, 0.15) is 6.92 Å². The Morgan fingerprint density at radius 3 is 2.80 bits per heavy atom. The van der Waals surface area contributed by atoms with Crippen LogP contribution in [0.15, 0.2) is 0 Å². The van der Waals surface area contributed by atoms with E-state index < -0.39 is 0 Å². The molecule has 0 saturated carbocycles. The Hall–Kier alpha value is -0.650. The highest BCUT2D eigenvalue weighted by molar-refractivity contribution is 5.78. The van der Waals surface area contributed by atoms with Crippen LogP contribution in [0.2, 0.25) is 0 Å². The van der Waals surface area contributed by atoms with Gasteiger partial charge in [-0.3, -0.25) is 4.79 Å². The second-order valence-electron chi connectivity index (χ2n) is 3.67. The molecule has 0 spiro atoms. The minimum atomic E-state index is 0.140. The van der Waals surface area contributed by atoms with Gasteiger partial charge in [0.25, 0.3) is 0 Å². The van der Waals surface area contributed by atoms with Gasteiger partial charge in [0.2, 0.25) is 5.91 Å². The molecular weight excluding hydrogens is 196 g/mol. The second-order valence-corrected chi connectivity index (χ2v) is 3.67. The van der Waals surface area contributed by atoms with Crippen molar-refractivity contribution in [1.29, 1.82) is 0 Å². The van der Waals surface area contributed by atoms with E-state index >= 15 is 0 Å². The van der Waals surface area contributed by atoms with Gasteiger partial charge in [-0.15, -0.1) is 0 Å². The van der Waals surface area contributed by atoms with E-state index in [1.165, 1.54) is 0 Å². The molecule has 1 aliphatic rings. The van der Waals surface area contributed by atoms with Crippen molar-refractivity contribution in [2.75, 3.05) is 46.5 Å². The first-order valence-corrected chi connectivity index (χ1v) is 5.33. The molecule has 1 amide bonds.